The monoisotopic (exact) mass is 256 g/mol. The number of benzene rings is 1. The minimum atomic E-state index is -1.03. The van der Waals surface area contributed by atoms with Gasteiger partial charge in [-0.25, -0.2) is 0 Å². The van der Waals surface area contributed by atoms with Gasteiger partial charge in [-0.2, -0.15) is 0 Å². The molecule has 1 atom stereocenters. The highest BCUT2D eigenvalue weighted by Gasteiger charge is 2.29. The minimum absolute atomic E-state index is 0.328. The quantitative estimate of drug-likeness (QED) is 0.641. The summed E-state index contributed by atoms with van der Waals surface area (Å²) in [5, 5.41) is -0.328. The molecule has 0 bridgehead atoms. The van der Waals surface area contributed by atoms with E-state index < -0.39 is 4.87 Å². The Morgan fingerprint density at radius 1 is 1.38 bits per heavy atom. The molecule has 16 heavy (non-hydrogen) atoms. The van der Waals surface area contributed by atoms with Crippen molar-refractivity contribution in [2.45, 2.75) is 32.1 Å². The molecule has 1 aromatic rings. The molecule has 0 saturated carbocycles. The van der Waals surface area contributed by atoms with Gasteiger partial charge in [0.25, 0.3) is 0 Å². The highest BCUT2D eigenvalue weighted by molar-refractivity contribution is 7.97. The Balaban J connectivity index is 2.91. The molecule has 0 aliphatic carbocycles. The maximum Gasteiger partial charge on any atom is 0.211 e. The maximum absolute atomic E-state index is 11.3. The van der Waals surface area contributed by atoms with Crippen molar-refractivity contribution in [3.8, 4) is 0 Å². The molecule has 1 unspecified atom stereocenters. The van der Waals surface area contributed by atoms with Crippen LogP contribution in [0.15, 0.2) is 24.3 Å². The van der Waals surface area contributed by atoms with Crippen molar-refractivity contribution >= 4 is 29.3 Å². The third-order valence-corrected chi connectivity index (χ3v) is 3.51. The number of carbonyl (C=O) groups is 1. The Hall–Kier alpha value is -0.470. The maximum atomic E-state index is 11.3. The molecule has 0 aromatic heterocycles. The van der Waals surface area contributed by atoms with Crippen LogP contribution in [0.25, 0.3) is 0 Å². The van der Waals surface area contributed by atoms with Crippen molar-refractivity contribution in [2.24, 2.45) is 5.92 Å². The number of hydrogen-bond acceptors (Lipinski definition) is 1. The van der Waals surface area contributed by atoms with Crippen LogP contribution in [0.3, 0.4) is 0 Å². The summed E-state index contributed by atoms with van der Waals surface area (Å²) in [5.74, 6) is 0.625. The third kappa shape index (κ3) is 3.26. The molecule has 0 aliphatic heterocycles. The fraction of sp³-hybridized carbons (Fsp3) is 0.462. The van der Waals surface area contributed by atoms with Crippen LogP contribution in [0.2, 0.25) is 0 Å². The van der Waals surface area contributed by atoms with Crippen molar-refractivity contribution < 1.29 is 4.79 Å². The van der Waals surface area contributed by atoms with E-state index in [1.54, 1.807) is 6.92 Å². The van der Waals surface area contributed by atoms with Gasteiger partial charge in [0.05, 0.1) is 0 Å². The van der Waals surface area contributed by atoms with E-state index in [-0.39, 0.29) is 5.12 Å². The summed E-state index contributed by atoms with van der Waals surface area (Å²) in [6, 6.07) is 7.84. The first-order valence-electron chi connectivity index (χ1n) is 5.35. The second-order valence-corrected chi connectivity index (χ2v) is 5.77. The number of rotatable bonds is 4. The zero-order valence-corrected chi connectivity index (χ0v) is 11.5. The minimum Gasteiger partial charge on any atom is -0.285 e. The van der Waals surface area contributed by atoms with Crippen LogP contribution in [0.5, 0.6) is 0 Å². The van der Waals surface area contributed by atoms with E-state index in [1.165, 1.54) is 5.56 Å². The topological polar surface area (TPSA) is 17.1 Å². The van der Waals surface area contributed by atoms with Gasteiger partial charge in [-0.1, -0.05) is 38.1 Å². The summed E-state index contributed by atoms with van der Waals surface area (Å²) >= 11 is 9.93. The summed E-state index contributed by atoms with van der Waals surface area (Å²) in [5.41, 5.74) is 2.06. The van der Waals surface area contributed by atoms with Gasteiger partial charge in [0.1, 0.15) is 4.87 Å². The molecule has 3 heteroatoms. The van der Waals surface area contributed by atoms with Crippen molar-refractivity contribution in [1.29, 1.82) is 0 Å². The average molecular weight is 257 g/mol. The van der Waals surface area contributed by atoms with Gasteiger partial charge < -0.3 is 0 Å². The molecule has 0 fully saturated rings. The fourth-order valence-electron chi connectivity index (χ4n) is 1.55. The Morgan fingerprint density at radius 2 is 1.88 bits per heavy atom. The second kappa shape index (κ2) is 5.24. The summed E-state index contributed by atoms with van der Waals surface area (Å²) in [7, 11) is 0. The first-order chi connectivity index (χ1) is 7.34. The molecule has 1 rings (SSSR count). The van der Waals surface area contributed by atoms with Crippen LogP contribution >= 0.6 is 24.2 Å². The Labute approximate surface area is 108 Å². The van der Waals surface area contributed by atoms with Gasteiger partial charge in [-0.3, -0.25) is 4.79 Å². The van der Waals surface area contributed by atoms with E-state index in [9.17, 15) is 4.79 Å². The Bertz CT molecular complexity index is 368. The number of hydrogen-bond donors (Lipinski definition) is 1. The molecular formula is C13H17ClOS. The van der Waals surface area contributed by atoms with E-state index in [2.05, 4.69) is 26.5 Å². The lowest BCUT2D eigenvalue weighted by Gasteiger charge is -2.18. The third-order valence-electron chi connectivity index (χ3n) is 2.54. The van der Waals surface area contributed by atoms with Gasteiger partial charge in [-0.05, 0) is 30.4 Å². The highest BCUT2D eigenvalue weighted by atomic mass is 35.5. The molecule has 1 aromatic carbocycles. The van der Waals surface area contributed by atoms with Crippen LogP contribution in [-0.4, -0.2) is 5.12 Å². The van der Waals surface area contributed by atoms with Crippen LogP contribution in [-0.2, 0) is 16.1 Å². The molecule has 0 amide bonds. The van der Waals surface area contributed by atoms with Gasteiger partial charge in [0.2, 0.25) is 5.12 Å². The Kier molecular flexibility index (Phi) is 4.45. The van der Waals surface area contributed by atoms with Crippen LogP contribution in [0, 0.1) is 5.92 Å². The zero-order valence-electron chi connectivity index (χ0n) is 9.83. The molecule has 0 aliphatic rings. The number of thiol groups is 1. The van der Waals surface area contributed by atoms with Crippen LogP contribution in [0.4, 0.5) is 0 Å². The smallest absolute Gasteiger partial charge is 0.211 e. The summed E-state index contributed by atoms with van der Waals surface area (Å²) in [4.78, 5) is 10.2. The predicted octanol–water partition coefficient (Wildman–Crippen LogP) is 3.80. The molecule has 1 nitrogen and oxygen atoms in total. The largest absolute Gasteiger partial charge is 0.285 e. The first kappa shape index (κ1) is 13.6. The van der Waals surface area contributed by atoms with Crippen molar-refractivity contribution in [2.75, 3.05) is 0 Å². The number of alkyl halides is 1. The van der Waals surface area contributed by atoms with E-state index in [0.717, 1.165) is 12.0 Å². The van der Waals surface area contributed by atoms with Gasteiger partial charge in [0.15, 0.2) is 0 Å². The lowest BCUT2D eigenvalue weighted by molar-refractivity contribution is -0.112. The number of carbonyl (C=O) groups excluding carboxylic acids is 1. The highest BCUT2D eigenvalue weighted by Crippen LogP contribution is 2.31. The molecule has 0 N–H and O–H groups in total. The second-order valence-electron chi connectivity index (χ2n) is 4.60. The fourth-order valence-corrected chi connectivity index (χ4v) is 1.80. The molecular weight excluding hydrogens is 240 g/mol. The van der Waals surface area contributed by atoms with Crippen LogP contribution < -0.4 is 0 Å². The van der Waals surface area contributed by atoms with E-state index >= 15 is 0 Å². The molecule has 0 saturated heterocycles. The lowest BCUT2D eigenvalue weighted by atomic mass is 9.97. The average Bonchev–Trinajstić information content (AvgIpc) is 2.17. The normalized spacial score (nSPS) is 14.9. The van der Waals surface area contributed by atoms with E-state index in [4.69, 9.17) is 11.6 Å². The molecule has 88 valence electrons. The SMILES string of the molecule is CC(C)Cc1ccc(C(C)(Cl)C(=O)S)cc1. The van der Waals surface area contributed by atoms with Crippen molar-refractivity contribution in [3.63, 3.8) is 0 Å². The number of halogens is 1. The van der Waals surface area contributed by atoms with Crippen molar-refractivity contribution in [1.82, 2.24) is 0 Å². The van der Waals surface area contributed by atoms with Gasteiger partial charge >= 0.3 is 0 Å². The lowest BCUT2D eigenvalue weighted by Crippen LogP contribution is -2.21. The molecule has 0 heterocycles. The summed E-state index contributed by atoms with van der Waals surface area (Å²) in [6.07, 6.45) is 1.04. The first-order valence-corrected chi connectivity index (χ1v) is 6.18. The Morgan fingerprint density at radius 3 is 2.25 bits per heavy atom. The molecule has 0 spiro atoms. The molecule has 0 radical (unpaired) electrons. The summed E-state index contributed by atoms with van der Waals surface area (Å²) in [6.45, 7) is 6.02. The van der Waals surface area contributed by atoms with Gasteiger partial charge in [0, 0.05) is 0 Å². The predicted molar refractivity (Wildman–Crippen MR) is 72.2 cm³/mol. The van der Waals surface area contributed by atoms with E-state index in [0.29, 0.717) is 5.92 Å². The van der Waals surface area contributed by atoms with Crippen molar-refractivity contribution in [3.05, 3.63) is 35.4 Å². The zero-order chi connectivity index (χ0) is 12.3. The van der Waals surface area contributed by atoms with Crippen LogP contribution in [0.1, 0.15) is 31.9 Å². The van der Waals surface area contributed by atoms with E-state index in [1.807, 2.05) is 24.3 Å². The van der Waals surface area contributed by atoms with Gasteiger partial charge in [-0.15, -0.1) is 24.2 Å². The summed E-state index contributed by atoms with van der Waals surface area (Å²) < 4.78 is 0. The standard InChI is InChI=1S/C13H17ClOS/c1-9(2)8-10-4-6-11(7-5-10)13(3,14)12(15)16/h4-7,9H,8H2,1-3H3,(H,15,16).